The van der Waals surface area contributed by atoms with Crippen LogP contribution in [-0.4, -0.2) is 34.2 Å². The second-order valence-electron chi connectivity index (χ2n) is 7.59. The molecule has 0 aliphatic carbocycles. The summed E-state index contributed by atoms with van der Waals surface area (Å²) in [7, 11) is 0. The SMILES string of the molecule is O=C1c2ccccc2C(=O)N1CN(C(=O)c1sc2cc([N+](=O)[O-])ccc2c1Cl)c1ccccc1Cl. The largest absolute Gasteiger partial charge is 0.287 e. The number of imide groups is 1. The third-order valence-corrected chi connectivity index (χ3v) is 7.53. The van der Waals surface area contributed by atoms with Gasteiger partial charge < -0.3 is 0 Å². The van der Waals surface area contributed by atoms with Crippen molar-refractivity contribution in [2.45, 2.75) is 0 Å². The Balaban J connectivity index is 1.59. The fourth-order valence-corrected chi connectivity index (χ4v) is 5.59. The van der Waals surface area contributed by atoms with Crippen LogP contribution < -0.4 is 4.90 Å². The van der Waals surface area contributed by atoms with Crippen molar-refractivity contribution in [2.75, 3.05) is 11.6 Å². The molecule has 0 saturated heterocycles. The van der Waals surface area contributed by atoms with E-state index in [9.17, 15) is 24.5 Å². The quantitative estimate of drug-likeness (QED) is 0.180. The van der Waals surface area contributed by atoms with Gasteiger partial charge in [0, 0.05) is 22.2 Å². The number of hydrogen-bond acceptors (Lipinski definition) is 6. The molecule has 174 valence electrons. The van der Waals surface area contributed by atoms with Crippen LogP contribution in [-0.2, 0) is 0 Å². The summed E-state index contributed by atoms with van der Waals surface area (Å²) in [5, 5.41) is 12.0. The van der Waals surface area contributed by atoms with Crippen LogP contribution in [0.25, 0.3) is 10.1 Å². The molecule has 0 saturated carbocycles. The van der Waals surface area contributed by atoms with Gasteiger partial charge in [-0.1, -0.05) is 47.5 Å². The molecule has 5 rings (SSSR count). The maximum Gasteiger partial charge on any atom is 0.271 e. The van der Waals surface area contributed by atoms with E-state index in [1.807, 2.05) is 0 Å². The van der Waals surface area contributed by atoms with Crippen molar-refractivity contribution in [3.63, 3.8) is 0 Å². The summed E-state index contributed by atoms with van der Waals surface area (Å²) in [5.41, 5.74) is 0.631. The smallest absolute Gasteiger partial charge is 0.271 e. The third-order valence-electron chi connectivity index (χ3n) is 5.57. The lowest BCUT2D eigenvalue weighted by molar-refractivity contribution is -0.384. The van der Waals surface area contributed by atoms with Crippen molar-refractivity contribution in [2.24, 2.45) is 0 Å². The van der Waals surface area contributed by atoms with Crippen LogP contribution >= 0.6 is 34.5 Å². The molecule has 0 bridgehead atoms. The zero-order valence-corrected chi connectivity index (χ0v) is 19.9. The minimum atomic E-state index is -0.608. The number of amides is 3. The van der Waals surface area contributed by atoms with Gasteiger partial charge in [0.15, 0.2) is 0 Å². The lowest BCUT2D eigenvalue weighted by Crippen LogP contribution is -2.44. The fraction of sp³-hybridized carbons (Fsp3) is 0.0417. The number of carbonyl (C=O) groups is 3. The van der Waals surface area contributed by atoms with Gasteiger partial charge in [-0.2, -0.15) is 0 Å². The number of fused-ring (bicyclic) bond motifs is 2. The summed E-state index contributed by atoms with van der Waals surface area (Å²) in [5.74, 6) is -1.68. The molecule has 0 atom stereocenters. The number of carbonyl (C=O) groups excluding carboxylic acids is 3. The number of hydrogen-bond donors (Lipinski definition) is 0. The van der Waals surface area contributed by atoms with Gasteiger partial charge >= 0.3 is 0 Å². The van der Waals surface area contributed by atoms with Crippen molar-refractivity contribution in [1.82, 2.24) is 4.90 Å². The first kappa shape index (κ1) is 23.0. The molecule has 8 nitrogen and oxygen atoms in total. The van der Waals surface area contributed by atoms with E-state index in [2.05, 4.69) is 0 Å². The second kappa shape index (κ2) is 8.77. The predicted octanol–water partition coefficient (Wildman–Crippen LogP) is 6.02. The van der Waals surface area contributed by atoms with Crippen LogP contribution in [0, 0.1) is 10.1 Å². The first-order valence-electron chi connectivity index (χ1n) is 10.2. The zero-order chi connectivity index (χ0) is 24.9. The highest BCUT2D eigenvalue weighted by molar-refractivity contribution is 7.21. The van der Waals surface area contributed by atoms with Crippen LogP contribution in [0.1, 0.15) is 30.4 Å². The third kappa shape index (κ3) is 3.83. The molecule has 0 radical (unpaired) electrons. The van der Waals surface area contributed by atoms with Gasteiger partial charge in [-0.3, -0.25) is 34.3 Å². The van der Waals surface area contributed by atoms with Gasteiger partial charge in [0.1, 0.15) is 11.5 Å². The summed E-state index contributed by atoms with van der Waals surface area (Å²) in [6.45, 7) is -0.403. The molecule has 35 heavy (non-hydrogen) atoms. The topological polar surface area (TPSA) is 101 Å². The molecule has 3 aromatic carbocycles. The Hall–Kier alpha value is -3.79. The maximum absolute atomic E-state index is 13.8. The van der Waals surface area contributed by atoms with Gasteiger partial charge in [-0.15, -0.1) is 11.3 Å². The number of thiophene rings is 1. The predicted molar refractivity (Wildman–Crippen MR) is 134 cm³/mol. The number of non-ortho nitro benzene ring substituents is 1. The van der Waals surface area contributed by atoms with E-state index in [1.54, 1.807) is 48.5 Å². The van der Waals surface area contributed by atoms with E-state index in [4.69, 9.17) is 23.2 Å². The monoisotopic (exact) mass is 525 g/mol. The molecule has 4 aromatic rings. The Bertz CT molecular complexity index is 1530. The molecule has 11 heteroatoms. The minimum absolute atomic E-state index is 0.0960. The van der Waals surface area contributed by atoms with Crippen molar-refractivity contribution in [3.05, 3.63) is 103 Å². The van der Waals surface area contributed by atoms with Crippen LogP contribution in [0.3, 0.4) is 0 Å². The van der Waals surface area contributed by atoms with E-state index in [0.717, 1.165) is 16.2 Å². The Morgan fingerprint density at radius 2 is 1.60 bits per heavy atom. The summed E-state index contributed by atoms with van der Waals surface area (Å²) in [4.78, 5) is 52.6. The Labute approximate surface area is 212 Å². The average Bonchev–Trinajstić information content (AvgIpc) is 3.31. The molecule has 0 unspecified atom stereocenters. The first-order valence-corrected chi connectivity index (χ1v) is 11.7. The van der Waals surface area contributed by atoms with Crippen LogP contribution in [0.5, 0.6) is 0 Å². The van der Waals surface area contributed by atoms with Crippen molar-refractivity contribution < 1.29 is 19.3 Å². The van der Waals surface area contributed by atoms with E-state index in [-0.39, 0.29) is 37.4 Å². The molecule has 0 spiro atoms. The second-order valence-corrected chi connectivity index (χ2v) is 9.43. The number of rotatable bonds is 5. The van der Waals surface area contributed by atoms with E-state index >= 15 is 0 Å². The highest BCUT2D eigenvalue weighted by Gasteiger charge is 2.38. The van der Waals surface area contributed by atoms with Gasteiger partial charge in [0.2, 0.25) is 0 Å². The highest BCUT2D eigenvalue weighted by Crippen LogP contribution is 2.39. The minimum Gasteiger partial charge on any atom is -0.287 e. The van der Waals surface area contributed by atoms with Crippen LogP contribution in [0.15, 0.2) is 66.7 Å². The summed E-state index contributed by atoms with van der Waals surface area (Å²) in [6, 6.07) is 17.0. The van der Waals surface area contributed by atoms with Crippen molar-refractivity contribution in [3.8, 4) is 0 Å². The first-order chi connectivity index (χ1) is 16.8. The number of para-hydroxylation sites is 1. The molecule has 1 aliphatic heterocycles. The standard InChI is InChI=1S/C24H13Cl2N3O5S/c25-17-7-3-4-8-18(17)27(12-28-22(30)14-5-1-2-6-15(14)23(28)31)24(32)21-20(26)16-10-9-13(29(33)34)11-19(16)35-21/h1-11H,12H2. The van der Waals surface area contributed by atoms with Crippen molar-refractivity contribution in [1.29, 1.82) is 0 Å². The Morgan fingerprint density at radius 1 is 0.971 bits per heavy atom. The van der Waals surface area contributed by atoms with E-state index < -0.39 is 29.3 Å². The number of halogens is 2. The maximum atomic E-state index is 13.8. The molecule has 1 aromatic heterocycles. The Kier molecular flexibility index (Phi) is 5.76. The number of benzene rings is 3. The van der Waals surface area contributed by atoms with E-state index in [0.29, 0.717) is 10.1 Å². The average molecular weight is 526 g/mol. The number of nitrogens with zero attached hydrogens (tertiary/aromatic N) is 3. The normalized spacial score (nSPS) is 12.8. The highest BCUT2D eigenvalue weighted by atomic mass is 35.5. The molecule has 0 fully saturated rings. The summed E-state index contributed by atoms with van der Waals surface area (Å²) >= 11 is 13.9. The molecule has 2 heterocycles. The van der Waals surface area contributed by atoms with Crippen molar-refractivity contribution >= 4 is 73.7 Å². The lowest BCUT2D eigenvalue weighted by Gasteiger charge is -2.27. The number of nitro benzene ring substituents is 1. The lowest BCUT2D eigenvalue weighted by atomic mass is 10.1. The zero-order valence-electron chi connectivity index (χ0n) is 17.6. The van der Waals surface area contributed by atoms with Gasteiger partial charge in [-0.05, 0) is 30.3 Å². The summed E-state index contributed by atoms with van der Waals surface area (Å²) in [6.07, 6.45) is 0. The van der Waals surface area contributed by atoms with Crippen LogP contribution in [0.2, 0.25) is 10.0 Å². The van der Waals surface area contributed by atoms with Gasteiger partial charge in [-0.25, -0.2) is 0 Å². The molecular formula is C24H13Cl2N3O5S. The molecular weight excluding hydrogens is 513 g/mol. The van der Waals surface area contributed by atoms with Crippen LogP contribution in [0.4, 0.5) is 11.4 Å². The molecule has 1 aliphatic rings. The van der Waals surface area contributed by atoms with Gasteiger partial charge in [0.25, 0.3) is 23.4 Å². The van der Waals surface area contributed by atoms with E-state index in [1.165, 1.54) is 23.1 Å². The summed E-state index contributed by atoms with van der Waals surface area (Å²) < 4.78 is 0.451. The van der Waals surface area contributed by atoms with Gasteiger partial charge in [0.05, 0.1) is 31.8 Å². The fourth-order valence-electron chi connectivity index (χ4n) is 3.86. The molecule has 0 N–H and O–H groups in total. The Morgan fingerprint density at radius 3 is 2.23 bits per heavy atom. The molecule has 3 amide bonds. The number of nitro groups is 1. The number of anilines is 1.